The predicted molar refractivity (Wildman–Crippen MR) is 76.5 cm³/mol. The number of rotatable bonds is 4. The maximum atomic E-state index is 4.65. The van der Waals surface area contributed by atoms with Gasteiger partial charge in [-0.25, -0.2) is 4.52 Å². The normalized spacial score (nSPS) is 20.1. The Kier molecular flexibility index (Phi) is 3.64. The van der Waals surface area contributed by atoms with E-state index in [-0.39, 0.29) is 0 Å². The zero-order valence-corrected chi connectivity index (χ0v) is 11.4. The molecule has 5 nitrogen and oxygen atoms in total. The Morgan fingerprint density at radius 1 is 1.37 bits per heavy atom. The molecule has 0 bridgehead atoms. The third-order valence-electron chi connectivity index (χ3n) is 3.84. The van der Waals surface area contributed by atoms with Gasteiger partial charge >= 0.3 is 0 Å². The number of piperidine rings is 1. The molecule has 5 heteroatoms. The Morgan fingerprint density at radius 3 is 3.16 bits per heavy atom. The smallest absolute Gasteiger partial charge is 0.245 e. The second kappa shape index (κ2) is 5.57. The van der Waals surface area contributed by atoms with Crippen molar-refractivity contribution in [2.24, 2.45) is 0 Å². The van der Waals surface area contributed by atoms with Crippen LogP contribution in [-0.2, 0) is 0 Å². The molecule has 0 aromatic carbocycles. The molecule has 102 valence electrons. The van der Waals surface area contributed by atoms with E-state index >= 15 is 0 Å². The summed E-state index contributed by atoms with van der Waals surface area (Å²) in [6.07, 6.45) is 6.92. The van der Waals surface area contributed by atoms with Crippen LogP contribution < -0.4 is 10.2 Å². The van der Waals surface area contributed by atoms with Crippen LogP contribution in [-0.4, -0.2) is 40.8 Å². The summed E-state index contributed by atoms with van der Waals surface area (Å²) < 4.78 is 1.86. The van der Waals surface area contributed by atoms with Crippen molar-refractivity contribution >= 4 is 11.6 Å². The molecule has 2 aromatic heterocycles. The van der Waals surface area contributed by atoms with Gasteiger partial charge in [-0.3, -0.25) is 0 Å². The predicted octanol–water partition coefficient (Wildman–Crippen LogP) is 1.70. The van der Waals surface area contributed by atoms with Crippen LogP contribution in [0.2, 0.25) is 0 Å². The number of nitrogens with zero attached hydrogens (tertiary/aromatic N) is 4. The molecule has 1 fully saturated rings. The highest BCUT2D eigenvalue weighted by atomic mass is 15.4. The van der Waals surface area contributed by atoms with Gasteiger partial charge in [0.1, 0.15) is 0 Å². The molecule has 2 aromatic rings. The zero-order valence-electron chi connectivity index (χ0n) is 11.4. The van der Waals surface area contributed by atoms with Gasteiger partial charge in [0.15, 0.2) is 5.65 Å². The van der Waals surface area contributed by atoms with Gasteiger partial charge < -0.3 is 10.2 Å². The van der Waals surface area contributed by atoms with Crippen LogP contribution in [0.1, 0.15) is 25.7 Å². The summed E-state index contributed by atoms with van der Waals surface area (Å²) >= 11 is 0. The van der Waals surface area contributed by atoms with Crippen molar-refractivity contribution in [3.05, 3.63) is 24.4 Å². The van der Waals surface area contributed by atoms with Crippen molar-refractivity contribution in [1.29, 1.82) is 0 Å². The van der Waals surface area contributed by atoms with Crippen LogP contribution in [0.25, 0.3) is 5.65 Å². The maximum absolute atomic E-state index is 4.65. The average Bonchev–Trinajstić information content (AvgIpc) is 2.89. The Labute approximate surface area is 113 Å². The second-order valence-electron chi connectivity index (χ2n) is 5.15. The number of fused-ring (bicyclic) bond motifs is 1. The summed E-state index contributed by atoms with van der Waals surface area (Å²) in [6, 6.07) is 6.56. The minimum Gasteiger partial charge on any atom is -0.336 e. The van der Waals surface area contributed by atoms with E-state index in [9.17, 15) is 0 Å². The first-order chi connectivity index (χ1) is 9.38. The topological polar surface area (TPSA) is 45.5 Å². The van der Waals surface area contributed by atoms with E-state index in [0.717, 1.165) is 31.1 Å². The van der Waals surface area contributed by atoms with Crippen LogP contribution in [0, 0.1) is 0 Å². The summed E-state index contributed by atoms with van der Waals surface area (Å²) in [5, 5.41) is 7.85. The number of anilines is 1. The molecular weight excluding hydrogens is 238 g/mol. The van der Waals surface area contributed by atoms with Crippen LogP contribution in [0.15, 0.2) is 24.4 Å². The average molecular weight is 259 g/mol. The lowest BCUT2D eigenvalue weighted by Gasteiger charge is -2.35. The molecule has 0 radical (unpaired) electrons. The molecule has 3 heterocycles. The molecule has 0 saturated carbocycles. The molecule has 1 aliphatic rings. The minimum absolute atomic E-state index is 0.568. The van der Waals surface area contributed by atoms with Gasteiger partial charge in [0.05, 0.1) is 0 Å². The van der Waals surface area contributed by atoms with Gasteiger partial charge in [-0.2, -0.15) is 4.98 Å². The van der Waals surface area contributed by atoms with Crippen molar-refractivity contribution in [2.45, 2.75) is 31.7 Å². The Balaban J connectivity index is 1.84. The van der Waals surface area contributed by atoms with Gasteiger partial charge in [-0.05, 0) is 51.4 Å². The van der Waals surface area contributed by atoms with Gasteiger partial charge in [-0.15, -0.1) is 5.10 Å². The number of pyridine rings is 1. The fourth-order valence-electron chi connectivity index (χ4n) is 2.82. The van der Waals surface area contributed by atoms with Gasteiger partial charge in [0.25, 0.3) is 0 Å². The Morgan fingerprint density at radius 2 is 2.32 bits per heavy atom. The lowest BCUT2D eigenvalue weighted by molar-refractivity contribution is 0.427. The number of hydrogen-bond donors (Lipinski definition) is 1. The third kappa shape index (κ3) is 2.56. The van der Waals surface area contributed by atoms with Gasteiger partial charge in [0.2, 0.25) is 5.95 Å². The summed E-state index contributed by atoms with van der Waals surface area (Å²) in [5.74, 6) is 0.881. The highest BCUT2D eigenvalue weighted by Crippen LogP contribution is 2.24. The lowest BCUT2D eigenvalue weighted by Crippen LogP contribution is -2.41. The first kappa shape index (κ1) is 12.4. The van der Waals surface area contributed by atoms with E-state index in [2.05, 4.69) is 20.3 Å². The lowest BCUT2D eigenvalue weighted by atomic mass is 10.00. The summed E-state index contributed by atoms with van der Waals surface area (Å²) in [6.45, 7) is 2.12. The molecular formula is C14H21N5. The minimum atomic E-state index is 0.568. The molecule has 0 spiro atoms. The van der Waals surface area contributed by atoms with Crippen LogP contribution in [0.5, 0.6) is 0 Å². The Hall–Kier alpha value is -1.62. The molecule has 0 amide bonds. The SMILES string of the molecule is CNCCC1CCCCN1c1nc2ccccn2n1. The molecule has 3 rings (SSSR count). The number of aromatic nitrogens is 3. The van der Waals surface area contributed by atoms with E-state index in [1.54, 1.807) is 0 Å². The summed E-state index contributed by atoms with van der Waals surface area (Å²) in [7, 11) is 2.01. The standard InChI is InChI=1S/C14H21N5/c1-15-9-8-12-6-2-4-10-18(12)14-16-13-7-3-5-11-19(13)17-14/h3,5,7,11-12,15H,2,4,6,8-10H2,1H3. The number of hydrogen-bond acceptors (Lipinski definition) is 4. The van der Waals surface area contributed by atoms with E-state index in [1.807, 2.05) is 36.0 Å². The van der Waals surface area contributed by atoms with Gasteiger partial charge in [-0.1, -0.05) is 6.07 Å². The fraction of sp³-hybridized carbons (Fsp3) is 0.571. The highest BCUT2D eigenvalue weighted by Gasteiger charge is 2.25. The zero-order chi connectivity index (χ0) is 13.1. The fourth-order valence-corrected chi connectivity index (χ4v) is 2.82. The van der Waals surface area contributed by atoms with Crippen molar-refractivity contribution in [2.75, 3.05) is 25.0 Å². The molecule has 0 aliphatic carbocycles. The summed E-state index contributed by atoms with van der Waals surface area (Å²) in [5.41, 5.74) is 0.926. The molecule has 1 N–H and O–H groups in total. The third-order valence-corrected chi connectivity index (χ3v) is 3.84. The van der Waals surface area contributed by atoms with Crippen molar-refractivity contribution < 1.29 is 0 Å². The molecule has 1 saturated heterocycles. The first-order valence-electron chi connectivity index (χ1n) is 7.11. The number of nitrogens with one attached hydrogen (secondary N) is 1. The van der Waals surface area contributed by atoms with Crippen molar-refractivity contribution in [3.8, 4) is 0 Å². The molecule has 1 aliphatic heterocycles. The van der Waals surface area contributed by atoms with E-state index in [1.165, 1.54) is 19.3 Å². The first-order valence-corrected chi connectivity index (χ1v) is 7.11. The van der Waals surface area contributed by atoms with Crippen molar-refractivity contribution in [3.63, 3.8) is 0 Å². The van der Waals surface area contributed by atoms with Crippen LogP contribution in [0.3, 0.4) is 0 Å². The van der Waals surface area contributed by atoms with E-state index in [0.29, 0.717) is 6.04 Å². The highest BCUT2D eigenvalue weighted by molar-refractivity contribution is 5.45. The second-order valence-corrected chi connectivity index (χ2v) is 5.15. The molecule has 19 heavy (non-hydrogen) atoms. The molecule has 1 atom stereocenters. The maximum Gasteiger partial charge on any atom is 0.245 e. The van der Waals surface area contributed by atoms with Crippen LogP contribution >= 0.6 is 0 Å². The summed E-state index contributed by atoms with van der Waals surface area (Å²) in [4.78, 5) is 7.03. The van der Waals surface area contributed by atoms with Crippen LogP contribution in [0.4, 0.5) is 5.95 Å². The molecule has 1 unspecified atom stereocenters. The van der Waals surface area contributed by atoms with Crippen molar-refractivity contribution in [1.82, 2.24) is 19.9 Å². The van der Waals surface area contributed by atoms with Gasteiger partial charge in [0, 0.05) is 18.8 Å². The Bertz CT molecular complexity index is 502. The van der Waals surface area contributed by atoms with E-state index < -0.39 is 0 Å². The monoisotopic (exact) mass is 259 g/mol. The quantitative estimate of drug-likeness (QED) is 0.907. The van der Waals surface area contributed by atoms with E-state index in [4.69, 9.17) is 0 Å². The largest absolute Gasteiger partial charge is 0.336 e.